The Morgan fingerprint density at radius 1 is 1.19 bits per heavy atom. The fourth-order valence-corrected chi connectivity index (χ4v) is 5.01. The molecule has 0 radical (unpaired) electrons. The second kappa shape index (κ2) is 7.89. The lowest BCUT2D eigenvalue weighted by Gasteiger charge is -2.43. The first-order valence-electron chi connectivity index (χ1n) is 11.2. The van der Waals surface area contributed by atoms with Crippen molar-refractivity contribution in [2.24, 2.45) is 5.92 Å². The van der Waals surface area contributed by atoms with E-state index in [4.69, 9.17) is 4.74 Å². The molecule has 1 N–H and O–H groups in total. The summed E-state index contributed by atoms with van der Waals surface area (Å²) in [6.07, 6.45) is -0.654. The molecule has 0 aromatic carbocycles. The van der Waals surface area contributed by atoms with Gasteiger partial charge in [-0.05, 0) is 38.0 Å². The van der Waals surface area contributed by atoms with Gasteiger partial charge in [0, 0.05) is 32.7 Å². The highest BCUT2D eigenvalue weighted by Crippen LogP contribution is 2.57. The van der Waals surface area contributed by atoms with Crippen molar-refractivity contribution >= 4 is 11.9 Å². The summed E-state index contributed by atoms with van der Waals surface area (Å²) in [7, 11) is 0. The van der Waals surface area contributed by atoms with E-state index in [-0.39, 0.29) is 55.3 Å². The van der Waals surface area contributed by atoms with Crippen molar-refractivity contribution in [3.63, 3.8) is 0 Å². The molecule has 1 aromatic heterocycles. The van der Waals surface area contributed by atoms with Crippen molar-refractivity contribution in [1.82, 2.24) is 29.9 Å². The van der Waals surface area contributed by atoms with Gasteiger partial charge in [0.15, 0.2) is 5.82 Å². The molecule has 32 heavy (non-hydrogen) atoms. The minimum Gasteiger partial charge on any atom is -0.366 e. The summed E-state index contributed by atoms with van der Waals surface area (Å²) in [5, 5.41) is 7.03. The molecule has 0 unspecified atom stereocenters. The van der Waals surface area contributed by atoms with E-state index in [1.807, 2.05) is 4.90 Å². The standard InChI is InChI=1S/C20H27F3N6O3/c21-20(22,23)19(4-5-19)17-24-12-29(26-17)9-13-1-6-27(7-2-13)18(31)28-8-3-15-14(10-28)25-16(30)11-32-15/h12-15H,1-11H2,(H,25,30)/t14-,15+/m1/s1. The van der Waals surface area contributed by atoms with E-state index in [2.05, 4.69) is 15.4 Å². The van der Waals surface area contributed by atoms with Gasteiger partial charge in [0.2, 0.25) is 5.91 Å². The number of carbonyl (C=O) groups is 2. The third kappa shape index (κ3) is 3.93. The molecule has 3 aliphatic heterocycles. The highest BCUT2D eigenvalue weighted by Gasteiger charge is 2.66. The van der Waals surface area contributed by atoms with Crippen LogP contribution < -0.4 is 5.32 Å². The van der Waals surface area contributed by atoms with Crippen molar-refractivity contribution in [3.8, 4) is 0 Å². The number of urea groups is 1. The number of nitrogens with one attached hydrogen (secondary N) is 1. The van der Waals surface area contributed by atoms with E-state index in [1.165, 1.54) is 11.0 Å². The number of carbonyl (C=O) groups excluding carboxylic acids is 2. The number of amides is 3. The van der Waals surface area contributed by atoms with E-state index >= 15 is 0 Å². The van der Waals surface area contributed by atoms with Gasteiger partial charge >= 0.3 is 12.2 Å². The van der Waals surface area contributed by atoms with Gasteiger partial charge in [-0.1, -0.05) is 0 Å². The van der Waals surface area contributed by atoms with Gasteiger partial charge in [-0.25, -0.2) is 9.78 Å². The number of aromatic nitrogens is 3. The fourth-order valence-electron chi connectivity index (χ4n) is 5.01. The highest BCUT2D eigenvalue weighted by molar-refractivity contribution is 5.79. The van der Waals surface area contributed by atoms with E-state index in [0.717, 1.165) is 12.8 Å². The number of morpholine rings is 1. The summed E-state index contributed by atoms with van der Waals surface area (Å²) in [5.74, 6) is -0.0494. The zero-order chi connectivity index (χ0) is 22.5. The van der Waals surface area contributed by atoms with Crippen LogP contribution in [-0.2, 0) is 21.5 Å². The number of likely N-dealkylation sites (tertiary alicyclic amines) is 2. The summed E-state index contributed by atoms with van der Waals surface area (Å²) >= 11 is 0. The Hall–Kier alpha value is -2.37. The minimum atomic E-state index is -4.31. The van der Waals surface area contributed by atoms with Crippen LogP contribution >= 0.6 is 0 Å². The number of piperidine rings is 2. The Morgan fingerprint density at radius 2 is 1.91 bits per heavy atom. The van der Waals surface area contributed by atoms with Crippen LogP contribution in [0.25, 0.3) is 0 Å². The summed E-state index contributed by atoms with van der Waals surface area (Å²) in [6, 6.07) is -0.204. The fraction of sp³-hybridized carbons (Fsp3) is 0.800. The lowest BCUT2D eigenvalue weighted by Crippen LogP contribution is -2.62. The average molecular weight is 456 g/mol. The molecular formula is C20H27F3N6O3. The predicted molar refractivity (Wildman–Crippen MR) is 105 cm³/mol. The zero-order valence-electron chi connectivity index (χ0n) is 17.7. The molecule has 4 heterocycles. The molecular weight excluding hydrogens is 429 g/mol. The van der Waals surface area contributed by atoms with E-state index < -0.39 is 11.6 Å². The Balaban J connectivity index is 1.12. The first-order valence-corrected chi connectivity index (χ1v) is 11.2. The Morgan fingerprint density at radius 3 is 2.59 bits per heavy atom. The number of hydrogen-bond acceptors (Lipinski definition) is 5. The largest absolute Gasteiger partial charge is 0.401 e. The molecule has 5 rings (SSSR count). The number of fused-ring (bicyclic) bond motifs is 1. The minimum absolute atomic E-state index is 0.0365. The van der Waals surface area contributed by atoms with Gasteiger partial charge in [-0.15, -0.1) is 0 Å². The third-order valence-corrected chi connectivity index (χ3v) is 7.18. The van der Waals surface area contributed by atoms with Gasteiger partial charge in [0.25, 0.3) is 0 Å². The SMILES string of the molecule is O=C1CO[C@H]2CCN(C(=O)N3CCC(Cn4cnc(C5(C(F)(F)F)CC5)n4)CC3)C[C@H]2N1. The molecule has 2 atom stereocenters. The van der Waals surface area contributed by atoms with Gasteiger partial charge in [-0.2, -0.15) is 18.3 Å². The van der Waals surface area contributed by atoms with Crippen molar-refractivity contribution in [2.75, 3.05) is 32.8 Å². The van der Waals surface area contributed by atoms with Crippen molar-refractivity contribution < 1.29 is 27.5 Å². The number of nitrogens with zero attached hydrogens (tertiary/aromatic N) is 5. The van der Waals surface area contributed by atoms with Crippen LogP contribution in [0.4, 0.5) is 18.0 Å². The normalized spacial score (nSPS) is 28.3. The molecule has 0 bridgehead atoms. The summed E-state index contributed by atoms with van der Waals surface area (Å²) < 4.78 is 46.9. The number of halogens is 3. The predicted octanol–water partition coefficient (Wildman–Crippen LogP) is 1.29. The third-order valence-electron chi connectivity index (χ3n) is 7.18. The van der Waals surface area contributed by atoms with Crippen LogP contribution in [0.2, 0.25) is 0 Å². The molecule has 176 valence electrons. The van der Waals surface area contributed by atoms with E-state index in [1.54, 1.807) is 4.90 Å². The smallest absolute Gasteiger partial charge is 0.366 e. The molecule has 3 amide bonds. The lowest BCUT2D eigenvalue weighted by atomic mass is 9.96. The maximum atomic E-state index is 13.3. The quantitative estimate of drug-likeness (QED) is 0.740. The van der Waals surface area contributed by atoms with E-state index in [0.29, 0.717) is 39.1 Å². The molecule has 1 saturated carbocycles. The monoisotopic (exact) mass is 456 g/mol. The molecule has 3 saturated heterocycles. The molecule has 1 aromatic rings. The van der Waals surface area contributed by atoms with Crippen LogP contribution in [0.15, 0.2) is 6.33 Å². The first-order chi connectivity index (χ1) is 15.2. The van der Waals surface area contributed by atoms with Gasteiger partial charge < -0.3 is 19.9 Å². The lowest BCUT2D eigenvalue weighted by molar-refractivity contribution is -0.162. The summed E-state index contributed by atoms with van der Waals surface area (Å²) in [6.45, 7) is 2.79. The van der Waals surface area contributed by atoms with Crippen LogP contribution in [0.1, 0.15) is 37.9 Å². The van der Waals surface area contributed by atoms with Crippen molar-refractivity contribution in [2.45, 2.75) is 62.4 Å². The van der Waals surface area contributed by atoms with Gasteiger partial charge in [0.05, 0.1) is 12.1 Å². The number of ether oxygens (including phenoxy) is 1. The molecule has 0 spiro atoms. The molecule has 12 heteroatoms. The highest BCUT2D eigenvalue weighted by atomic mass is 19.4. The maximum absolute atomic E-state index is 13.3. The molecule has 9 nitrogen and oxygen atoms in total. The first kappa shape index (κ1) is 21.5. The topological polar surface area (TPSA) is 92.6 Å². The van der Waals surface area contributed by atoms with Crippen LogP contribution in [0.3, 0.4) is 0 Å². The van der Waals surface area contributed by atoms with Gasteiger partial charge in [0.1, 0.15) is 18.3 Å². The number of rotatable bonds is 3. The van der Waals surface area contributed by atoms with Crippen LogP contribution in [-0.4, -0.2) is 87.6 Å². The van der Waals surface area contributed by atoms with Gasteiger partial charge in [-0.3, -0.25) is 9.48 Å². The van der Waals surface area contributed by atoms with Crippen LogP contribution in [0.5, 0.6) is 0 Å². The second-order valence-electron chi connectivity index (χ2n) is 9.34. The van der Waals surface area contributed by atoms with E-state index in [9.17, 15) is 22.8 Å². The summed E-state index contributed by atoms with van der Waals surface area (Å²) in [4.78, 5) is 32.1. The van der Waals surface area contributed by atoms with Crippen molar-refractivity contribution in [1.29, 1.82) is 0 Å². The number of alkyl halides is 3. The molecule has 4 aliphatic rings. The zero-order valence-corrected chi connectivity index (χ0v) is 17.7. The number of hydrogen-bond donors (Lipinski definition) is 1. The molecule has 4 fully saturated rings. The Kier molecular flexibility index (Phi) is 5.30. The maximum Gasteiger partial charge on any atom is 0.401 e. The van der Waals surface area contributed by atoms with Crippen molar-refractivity contribution in [3.05, 3.63) is 12.2 Å². The average Bonchev–Trinajstić information content (AvgIpc) is 3.47. The molecule has 1 aliphatic carbocycles. The Bertz CT molecular complexity index is 878. The second-order valence-corrected chi connectivity index (χ2v) is 9.34. The van der Waals surface area contributed by atoms with Crippen LogP contribution in [0, 0.1) is 5.92 Å². The summed E-state index contributed by atoms with van der Waals surface area (Å²) in [5.41, 5.74) is -1.86. The Labute approximate surface area is 183 Å².